The van der Waals surface area contributed by atoms with Crippen molar-refractivity contribution in [1.29, 1.82) is 0 Å². The molecule has 2 heterocycles. The van der Waals surface area contributed by atoms with Gasteiger partial charge in [-0.2, -0.15) is 0 Å². The van der Waals surface area contributed by atoms with Crippen LogP contribution in [0.15, 0.2) is 23.1 Å². The zero-order valence-electron chi connectivity index (χ0n) is 14.4. The Morgan fingerprint density at radius 2 is 2.20 bits per heavy atom. The van der Waals surface area contributed by atoms with E-state index in [-0.39, 0.29) is 18.2 Å². The van der Waals surface area contributed by atoms with E-state index in [0.717, 1.165) is 17.1 Å². The average Bonchev–Trinajstić information content (AvgIpc) is 3.07. The number of benzene rings is 1. The van der Waals surface area contributed by atoms with Crippen LogP contribution in [0.25, 0.3) is 0 Å². The van der Waals surface area contributed by atoms with E-state index in [2.05, 4.69) is 22.5 Å². The molecule has 2 unspecified atom stereocenters. The molecule has 0 aromatic heterocycles. The van der Waals surface area contributed by atoms with Gasteiger partial charge in [0.1, 0.15) is 0 Å². The van der Waals surface area contributed by atoms with E-state index in [1.54, 1.807) is 12.1 Å². The second kappa shape index (κ2) is 8.43. The van der Waals surface area contributed by atoms with E-state index < -0.39 is 5.25 Å². The number of fused-ring (bicyclic) bond motifs is 1. The monoisotopic (exact) mass is 381 g/mol. The van der Waals surface area contributed by atoms with Gasteiger partial charge in [0.15, 0.2) is 0 Å². The van der Waals surface area contributed by atoms with Crippen LogP contribution in [0, 0.1) is 5.92 Å². The van der Waals surface area contributed by atoms with Crippen LogP contribution in [0.5, 0.6) is 0 Å². The highest BCUT2D eigenvalue weighted by atomic mass is 35.5. The van der Waals surface area contributed by atoms with Gasteiger partial charge in [-0.05, 0) is 50.0 Å². The van der Waals surface area contributed by atoms with Crippen molar-refractivity contribution in [3.63, 3.8) is 0 Å². The number of amides is 2. The summed E-state index contributed by atoms with van der Waals surface area (Å²) in [5.41, 5.74) is 0.721. The van der Waals surface area contributed by atoms with Gasteiger partial charge in [-0.3, -0.25) is 9.59 Å². The van der Waals surface area contributed by atoms with E-state index in [1.165, 1.54) is 37.7 Å². The van der Waals surface area contributed by atoms with Crippen molar-refractivity contribution < 1.29 is 9.59 Å². The summed E-state index contributed by atoms with van der Waals surface area (Å²) >= 11 is 7.37. The number of carbonyl (C=O) groups excluding carboxylic acids is 2. The lowest BCUT2D eigenvalue weighted by atomic mass is 10.1. The zero-order valence-corrected chi connectivity index (χ0v) is 16.0. The molecule has 1 saturated heterocycles. The number of anilines is 1. The molecule has 2 amide bonds. The lowest BCUT2D eigenvalue weighted by Crippen LogP contribution is -2.38. The maximum atomic E-state index is 12.2. The van der Waals surface area contributed by atoms with Crippen molar-refractivity contribution in [2.45, 2.75) is 36.3 Å². The van der Waals surface area contributed by atoms with Gasteiger partial charge in [0.2, 0.25) is 11.8 Å². The van der Waals surface area contributed by atoms with Crippen molar-refractivity contribution in [3.8, 4) is 0 Å². The van der Waals surface area contributed by atoms with E-state index >= 15 is 0 Å². The second-order valence-corrected chi connectivity index (χ2v) is 8.54. The number of hydrogen-bond donors (Lipinski definition) is 2. The highest BCUT2D eigenvalue weighted by Gasteiger charge is 2.29. The zero-order chi connectivity index (χ0) is 17.8. The Labute approximate surface area is 157 Å². The summed E-state index contributed by atoms with van der Waals surface area (Å²) in [5.74, 6) is 0.205. The van der Waals surface area contributed by atoms with Crippen LogP contribution < -0.4 is 10.6 Å². The van der Waals surface area contributed by atoms with Gasteiger partial charge in [0.05, 0.1) is 10.9 Å². The van der Waals surface area contributed by atoms with Gasteiger partial charge in [0, 0.05) is 29.4 Å². The maximum Gasteiger partial charge on any atom is 0.238 e. The van der Waals surface area contributed by atoms with Gasteiger partial charge in [-0.25, -0.2) is 0 Å². The normalized spacial score (nSPS) is 21.5. The third-order valence-electron chi connectivity index (χ3n) is 4.55. The van der Waals surface area contributed by atoms with Crippen LogP contribution in [-0.2, 0) is 9.59 Å². The maximum absolute atomic E-state index is 12.2. The Kier molecular flexibility index (Phi) is 6.25. The molecule has 0 saturated carbocycles. The molecule has 1 aromatic rings. The molecule has 1 aromatic carbocycles. The lowest BCUT2D eigenvalue weighted by molar-refractivity contribution is -0.124. The molecule has 2 aliphatic rings. The van der Waals surface area contributed by atoms with Crippen molar-refractivity contribution in [2.75, 3.05) is 31.5 Å². The predicted octanol–water partition coefficient (Wildman–Crippen LogP) is 2.99. The minimum atomic E-state index is -0.400. The SMILES string of the molecule is CC(CNC(=O)CC1Sc2ccc(Cl)cc2NC1=O)CN1CCCC1. The Morgan fingerprint density at radius 3 is 2.96 bits per heavy atom. The van der Waals surface area contributed by atoms with Gasteiger partial charge >= 0.3 is 0 Å². The fraction of sp³-hybridized carbons (Fsp3) is 0.556. The molecule has 0 aliphatic carbocycles. The summed E-state index contributed by atoms with van der Waals surface area (Å²) < 4.78 is 0. The van der Waals surface area contributed by atoms with Crippen LogP contribution >= 0.6 is 23.4 Å². The van der Waals surface area contributed by atoms with Crippen LogP contribution in [0.2, 0.25) is 5.02 Å². The third-order valence-corrected chi connectivity index (χ3v) is 6.06. The molecule has 0 radical (unpaired) electrons. The summed E-state index contributed by atoms with van der Waals surface area (Å²) in [6, 6.07) is 5.41. The van der Waals surface area contributed by atoms with Crippen molar-refractivity contribution in [1.82, 2.24) is 10.2 Å². The number of rotatable bonds is 6. The molecule has 136 valence electrons. The van der Waals surface area contributed by atoms with E-state index in [0.29, 0.717) is 17.5 Å². The number of thioether (sulfide) groups is 1. The Morgan fingerprint density at radius 1 is 1.44 bits per heavy atom. The molecule has 0 bridgehead atoms. The summed E-state index contributed by atoms with van der Waals surface area (Å²) in [7, 11) is 0. The van der Waals surface area contributed by atoms with Crippen molar-refractivity contribution >= 4 is 40.9 Å². The summed E-state index contributed by atoms with van der Waals surface area (Å²) in [6.45, 7) is 6.16. The Bertz CT molecular complexity index is 649. The highest BCUT2D eigenvalue weighted by molar-refractivity contribution is 8.01. The van der Waals surface area contributed by atoms with Crippen LogP contribution in [-0.4, -0.2) is 48.1 Å². The number of nitrogens with one attached hydrogen (secondary N) is 2. The molecule has 2 aliphatic heterocycles. The molecular weight excluding hydrogens is 358 g/mol. The number of carbonyl (C=O) groups is 2. The number of halogens is 1. The number of likely N-dealkylation sites (tertiary alicyclic amines) is 1. The first kappa shape index (κ1) is 18.5. The first-order valence-electron chi connectivity index (χ1n) is 8.77. The van der Waals surface area contributed by atoms with Gasteiger partial charge in [-0.15, -0.1) is 11.8 Å². The van der Waals surface area contributed by atoms with Crippen molar-refractivity contribution in [3.05, 3.63) is 23.2 Å². The van der Waals surface area contributed by atoms with Crippen LogP contribution in [0.1, 0.15) is 26.2 Å². The first-order chi connectivity index (χ1) is 12.0. The molecule has 25 heavy (non-hydrogen) atoms. The molecular formula is C18H24ClN3O2S. The predicted molar refractivity (Wildman–Crippen MR) is 102 cm³/mol. The third kappa shape index (κ3) is 5.12. The fourth-order valence-corrected chi connectivity index (χ4v) is 4.52. The first-order valence-corrected chi connectivity index (χ1v) is 10.0. The second-order valence-electron chi connectivity index (χ2n) is 6.86. The van der Waals surface area contributed by atoms with Gasteiger partial charge < -0.3 is 15.5 Å². The lowest BCUT2D eigenvalue weighted by Gasteiger charge is -2.24. The Balaban J connectivity index is 1.46. The number of hydrogen-bond acceptors (Lipinski definition) is 4. The summed E-state index contributed by atoms with van der Waals surface area (Å²) in [5, 5.41) is 6.00. The van der Waals surface area contributed by atoms with Crippen LogP contribution in [0.3, 0.4) is 0 Å². The largest absolute Gasteiger partial charge is 0.356 e. The molecule has 5 nitrogen and oxygen atoms in total. The fourth-order valence-electron chi connectivity index (χ4n) is 3.26. The quantitative estimate of drug-likeness (QED) is 0.795. The average molecular weight is 382 g/mol. The van der Waals surface area contributed by atoms with E-state index in [9.17, 15) is 9.59 Å². The molecule has 2 atom stereocenters. The molecule has 7 heteroatoms. The standard InChI is InChI=1S/C18H24ClN3O2S/c1-12(11-22-6-2-3-7-22)10-20-17(23)9-16-18(24)21-14-8-13(19)4-5-15(14)25-16/h4-5,8,12,16H,2-3,6-7,9-11H2,1H3,(H,20,23)(H,21,24). The molecule has 3 rings (SSSR count). The Hall–Kier alpha value is -1.24. The van der Waals surface area contributed by atoms with Gasteiger partial charge in [0.25, 0.3) is 0 Å². The molecule has 1 fully saturated rings. The summed E-state index contributed by atoms with van der Waals surface area (Å²) in [6.07, 6.45) is 2.74. The topological polar surface area (TPSA) is 61.4 Å². The van der Waals surface area contributed by atoms with E-state index in [1.807, 2.05) is 6.07 Å². The van der Waals surface area contributed by atoms with Crippen molar-refractivity contribution in [2.24, 2.45) is 5.92 Å². The number of nitrogens with zero attached hydrogens (tertiary/aromatic N) is 1. The smallest absolute Gasteiger partial charge is 0.238 e. The minimum absolute atomic E-state index is 0.0710. The molecule has 0 spiro atoms. The minimum Gasteiger partial charge on any atom is -0.356 e. The highest BCUT2D eigenvalue weighted by Crippen LogP contribution is 2.38. The van der Waals surface area contributed by atoms with E-state index in [4.69, 9.17) is 11.6 Å². The summed E-state index contributed by atoms with van der Waals surface area (Å²) in [4.78, 5) is 27.8. The van der Waals surface area contributed by atoms with Crippen LogP contribution in [0.4, 0.5) is 5.69 Å². The van der Waals surface area contributed by atoms with Gasteiger partial charge in [-0.1, -0.05) is 18.5 Å². The molecule has 2 N–H and O–H groups in total.